The number of nitrogens with one attached hydrogen (secondary N) is 1. The van der Waals surface area contributed by atoms with Gasteiger partial charge >= 0.3 is 0 Å². The molecule has 1 unspecified atom stereocenters. The van der Waals surface area contributed by atoms with Crippen molar-refractivity contribution in [2.75, 3.05) is 39.5 Å². The zero-order chi connectivity index (χ0) is 19.1. The Morgan fingerprint density at radius 1 is 1.15 bits per heavy atom. The fraction of sp³-hybridized carbons (Fsp3) is 0.381. The van der Waals surface area contributed by atoms with Crippen molar-refractivity contribution in [2.24, 2.45) is 0 Å². The molecule has 1 aliphatic rings. The molecule has 27 heavy (non-hydrogen) atoms. The van der Waals surface area contributed by atoms with Crippen LogP contribution in [0.4, 0.5) is 0 Å². The second kappa shape index (κ2) is 9.74. The van der Waals surface area contributed by atoms with E-state index in [9.17, 15) is 4.79 Å². The Labute approximate surface area is 165 Å². The number of rotatable bonds is 7. The van der Waals surface area contributed by atoms with Gasteiger partial charge in [0.2, 0.25) is 0 Å². The van der Waals surface area contributed by atoms with Crippen LogP contribution in [-0.4, -0.2) is 50.3 Å². The van der Waals surface area contributed by atoms with Crippen molar-refractivity contribution in [1.29, 1.82) is 0 Å². The summed E-state index contributed by atoms with van der Waals surface area (Å²) in [7, 11) is 0. The van der Waals surface area contributed by atoms with E-state index < -0.39 is 0 Å². The third kappa shape index (κ3) is 5.96. The fourth-order valence-electron chi connectivity index (χ4n) is 3.08. The van der Waals surface area contributed by atoms with Crippen LogP contribution in [0.1, 0.15) is 17.2 Å². The Morgan fingerprint density at radius 3 is 2.48 bits per heavy atom. The van der Waals surface area contributed by atoms with Gasteiger partial charge < -0.3 is 14.8 Å². The highest BCUT2D eigenvalue weighted by atomic mass is 35.5. The second-order valence-electron chi connectivity index (χ2n) is 6.62. The average Bonchev–Trinajstić information content (AvgIpc) is 2.70. The molecule has 0 spiro atoms. The van der Waals surface area contributed by atoms with Crippen LogP contribution in [0.25, 0.3) is 0 Å². The normalized spacial score (nSPS) is 15.9. The number of carbonyl (C=O) groups excluding carboxylic acids is 1. The number of hydrogen-bond donors (Lipinski definition) is 1. The van der Waals surface area contributed by atoms with Gasteiger partial charge in [-0.05, 0) is 36.8 Å². The lowest BCUT2D eigenvalue weighted by atomic mass is 10.0. The smallest absolute Gasteiger partial charge is 0.258 e. The predicted molar refractivity (Wildman–Crippen MR) is 106 cm³/mol. The number of ether oxygens (including phenoxy) is 2. The van der Waals surface area contributed by atoms with E-state index in [-0.39, 0.29) is 18.6 Å². The number of amides is 1. The first kappa shape index (κ1) is 19.7. The number of morpholine rings is 1. The summed E-state index contributed by atoms with van der Waals surface area (Å²) in [4.78, 5) is 14.6. The maximum Gasteiger partial charge on any atom is 0.258 e. The Bertz CT molecular complexity index is 728. The lowest BCUT2D eigenvalue weighted by molar-refractivity contribution is -0.123. The highest BCUT2D eigenvalue weighted by molar-refractivity contribution is 6.30. The molecule has 0 aromatic heterocycles. The van der Waals surface area contributed by atoms with Gasteiger partial charge in [-0.1, -0.05) is 41.4 Å². The van der Waals surface area contributed by atoms with Gasteiger partial charge in [-0.15, -0.1) is 0 Å². The second-order valence-corrected chi connectivity index (χ2v) is 7.06. The molecule has 1 aliphatic heterocycles. The first-order valence-electron chi connectivity index (χ1n) is 9.15. The maximum absolute atomic E-state index is 12.3. The van der Waals surface area contributed by atoms with Crippen LogP contribution in [0.2, 0.25) is 5.02 Å². The van der Waals surface area contributed by atoms with Gasteiger partial charge in [0, 0.05) is 24.7 Å². The van der Waals surface area contributed by atoms with Crippen LogP contribution in [-0.2, 0) is 9.53 Å². The molecule has 1 atom stereocenters. The summed E-state index contributed by atoms with van der Waals surface area (Å²) in [5.41, 5.74) is 2.42. The number of halogens is 1. The lowest BCUT2D eigenvalue weighted by Crippen LogP contribution is -2.44. The molecule has 0 bridgehead atoms. The van der Waals surface area contributed by atoms with E-state index in [0.717, 1.165) is 26.3 Å². The van der Waals surface area contributed by atoms with Gasteiger partial charge in [0.1, 0.15) is 5.75 Å². The molecule has 5 nitrogen and oxygen atoms in total. The van der Waals surface area contributed by atoms with Gasteiger partial charge in [-0.2, -0.15) is 0 Å². The van der Waals surface area contributed by atoms with Crippen LogP contribution in [0.15, 0.2) is 48.5 Å². The summed E-state index contributed by atoms with van der Waals surface area (Å²) < 4.78 is 11.0. The summed E-state index contributed by atoms with van der Waals surface area (Å²) >= 11 is 5.85. The first-order chi connectivity index (χ1) is 13.1. The third-order valence-electron chi connectivity index (χ3n) is 4.62. The number of hydrogen-bond acceptors (Lipinski definition) is 4. The molecule has 0 radical (unpaired) electrons. The van der Waals surface area contributed by atoms with E-state index >= 15 is 0 Å². The van der Waals surface area contributed by atoms with Crippen molar-refractivity contribution in [1.82, 2.24) is 10.2 Å². The molecule has 2 aromatic carbocycles. The van der Waals surface area contributed by atoms with Crippen LogP contribution in [0.3, 0.4) is 0 Å². The predicted octanol–water partition coefficient (Wildman–Crippen LogP) is 3.22. The van der Waals surface area contributed by atoms with Gasteiger partial charge in [-0.25, -0.2) is 0 Å². The van der Waals surface area contributed by atoms with E-state index in [0.29, 0.717) is 17.3 Å². The zero-order valence-electron chi connectivity index (χ0n) is 15.5. The Kier molecular flexibility index (Phi) is 7.10. The summed E-state index contributed by atoms with van der Waals surface area (Å²) in [6.45, 7) is 5.73. The van der Waals surface area contributed by atoms with E-state index in [4.69, 9.17) is 21.1 Å². The molecule has 6 heteroatoms. The fourth-order valence-corrected chi connectivity index (χ4v) is 3.20. The van der Waals surface area contributed by atoms with E-state index in [1.165, 1.54) is 11.1 Å². The maximum atomic E-state index is 12.3. The van der Waals surface area contributed by atoms with Crippen molar-refractivity contribution in [3.8, 4) is 5.75 Å². The summed E-state index contributed by atoms with van der Waals surface area (Å²) in [5, 5.41) is 3.64. The third-order valence-corrected chi connectivity index (χ3v) is 4.88. The zero-order valence-corrected chi connectivity index (χ0v) is 16.2. The number of nitrogens with zero attached hydrogens (tertiary/aromatic N) is 1. The van der Waals surface area contributed by atoms with Crippen molar-refractivity contribution in [2.45, 2.75) is 13.0 Å². The van der Waals surface area contributed by atoms with Gasteiger partial charge in [-0.3, -0.25) is 9.69 Å². The first-order valence-corrected chi connectivity index (χ1v) is 9.53. The Balaban J connectivity index is 1.57. The monoisotopic (exact) mass is 388 g/mol. The van der Waals surface area contributed by atoms with Gasteiger partial charge in [0.05, 0.1) is 19.3 Å². The number of carbonyl (C=O) groups is 1. The molecule has 1 amide bonds. The molecule has 0 aliphatic carbocycles. The molecule has 2 aromatic rings. The Hall–Kier alpha value is -2.08. The highest BCUT2D eigenvalue weighted by Crippen LogP contribution is 2.22. The minimum atomic E-state index is -0.143. The molecule has 3 rings (SSSR count). The van der Waals surface area contributed by atoms with Crippen molar-refractivity contribution >= 4 is 17.5 Å². The molecule has 144 valence electrons. The van der Waals surface area contributed by atoms with E-state index in [1.807, 2.05) is 0 Å². The summed E-state index contributed by atoms with van der Waals surface area (Å²) in [6, 6.07) is 15.6. The van der Waals surface area contributed by atoms with Crippen LogP contribution in [0, 0.1) is 6.92 Å². The van der Waals surface area contributed by atoms with E-state index in [1.54, 1.807) is 24.3 Å². The van der Waals surface area contributed by atoms with Crippen LogP contribution < -0.4 is 10.1 Å². The van der Waals surface area contributed by atoms with Crippen LogP contribution in [0.5, 0.6) is 5.75 Å². The lowest BCUT2D eigenvalue weighted by Gasteiger charge is -2.35. The minimum Gasteiger partial charge on any atom is -0.484 e. The Morgan fingerprint density at radius 2 is 1.81 bits per heavy atom. The molecule has 1 fully saturated rings. The van der Waals surface area contributed by atoms with Crippen molar-refractivity contribution in [3.63, 3.8) is 0 Å². The molecule has 1 N–H and O–H groups in total. The molecule has 1 heterocycles. The standard InChI is InChI=1S/C21H25ClN2O3/c1-16-2-4-17(5-3-16)20(24-10-12-26-13-11-24)14-23-21(25)15-27-19-8-6-18(22)7-9-19/h2-9,20H,10-15H2,1H3,(H,23,25). The van der Waals surface area contributed by atoms with Gasteiger partial charge in [0.15, 0.2) is 6.61 Å². The van der Waals surface area contributed by atoms with Gasteiger partial charge in [0.25, 0.3) is 5.91 Å². The summed E-state index contributed by atoms with van der Waals surface area (Å²) in [6.07, 6.45) is 0. The highest BCUT2D eigenvalue weighted by Gasteiger charge is 2.23. The van der Waals surface area contributed by atoms with Crippen LogP contribution >= 0.6 is 11.6 Å². The molecule has 0 saturated carbocycles. The van der Waals surface area contributed by atoms with E-state index in [2.05, 4.69) is 41.4 Å². The number of aryl methyl sites for hydroxylation is 1. The average molecular weight is 389 g/mol. The molecular formula is C21H25ClN2O3. The quantitative estimate of drug-likeness (QED) is 0.791. The molecule has 1 saturated heterocycles. The number of benzene rings is 2. The van der Waals surface area contributed by atoms with Crippen molar-refractivity contribution < 1.29 is 14.3 Å². The molecular weight excluding hydrogens is 364 g/mol. The minimum absolute atomic E-state index is 0.0225. The topological polar surface area (TPSA) is 50.8 Å². The largest absolute Gasteiger partial charge is 0.484 e. The SMILES string of the molecule is Cc1ccc(C(CNC(=O)COc2ccc(Cl)cc2)N2CCOCC2)cc1. The summed E-state index contributed by atoms with van der Waals surface area (Å²) in [5.74, 6) is 0.480. The van der Waals surface area contributed by atoms with Crippen molar-refractivity contribution in [3.05, 3.63) is 64.7 Å².